The van der Waals surface area contributed by atoms with Gasteiger partial charge >= 0.3 is 237 Å². The molecule has 0 aromatic carbocycles. The Hall–Kier alpha value is -3.69. The molecule has 0 aromatic rings. The van der Waals surface area contributed by atoms with Crippen molar-refractivity contribution in [3.05, 3.63) is 0 Å². The Morgan fingerprint density at radius 1 is 0.325 bits per heavy atom. The van der Waals surface area contributed by atoms with E-state index in [1.54, 1.807) is 0 Å². The van der Waals surface area contributed by atoms with E-state index in [0.29, 0.717) is 62.3 Å². The molecule has 0 saturated heterocycles. The van der Waals surface area contributed by atoms with Gasteiger partial charge in [0.15, 0.2) is 0 Å². The van der Waals surface area contributed by atoms with Gasteiger partial charge in [-0.2, -0.15) is 0 Å². The van der Waals surface area contributed by atoms with Crippen LogP contribution in [0.4, 0.5) is 0 Å². The second kappa shape index (κ2) is 13.1. The van der Waals surface area contributed by atoms with Crippen molar-refractivity contribution >= 4 is 92.7 Å². The summed E-state index contributed by atoms with van der Waals surface area (Å²) >= 11 is -5.94. The van der Waals surface area contributed by atoms with Crippen molar-refractivity contribution in [3.63, 3.8) is 0 Å². The molecule has 0 rings (SSSR count). The molecule has 0 aromatic heterocycles. The van der Waals surface area contributed by atoms with Crippen LogP contribution in [0, 0.1) is 16.2 Å². The molecule has 0 spiro atoms. The van der Waals surface area contributed by atoms with Crippen LogP contribution >= 0.6 is 0 Å². The molecule has 0 fully saturated rings. The Balaban J connectivity index is 7.22. The molecule has 0 atom stereocenters. The molecule has 0 aliphatic rings. The summed E-state index contributed by atoms with van der Waals surface area (Å²) in [5, 5.41) is 0. The molecule has 0 unspecified atom stereocenters. The van der Waals surface area contributed by atoms with Crippen LogP contribution in [-0.2, 0) is 66.1 Å². The van der Waals surface area contributed by atoms with Crippen molar-refractivity contribution in [2.75, 3.05) is 0 Å². The van der Waals surface area contributed by atoms with Crippen molar-refractivity contribution in [3.8, 4) is 0 Å². The van der Waals surface area contributed by atoms with E-state index in [0.717, 1.165) is 0 Å². The van der Waals surface area contributed by atoms with Crippen LogP contribution in [0.25, 0.3) is 0 Å². The Labute approximate surface area is 237 Å². The summed E-state index contributed by atoms with van der Waals surface area (Å²) in [6.45, 7) is 6.05. The summed E-state index contributed by atoms with van der Waals surface area (Å²) in [7, 11) is 0. The maximum absolute atomic E-state index is 13.0. The standard InChI is InChI=1S/3C8H10O5.In/c3*1-4(9)8(5(2)10,6(3)11)7(12)13;/h3*1-3H3,(H,12,13);/q;;;+3/p-3. The van der Waals surface area contributed by atoms with Crippen LogP contribution in [0.1, 0.15) is 62.3 Å². The summed E-state index contributed by atoms with van der Waals surface area (Å²) in [4.78, 5) is 150. The van der Waals surface area contributed by atoms with Gasteiger partial charge in [0.1, 0.15) is 0 Å². The Kier molecular flexibility index (Phi) is 11.9. The van der Waals surface area contributed by atoms with E-state index < -0.39 is 109 Å². The average Bonchev–Trinajstić information content (AvgIpc) is 2.71. The van der Waals surface area contributed by atoms with E-state index in [9.17, 15) is 57.5 Å². The van der Waals surface area contributed by atoms with Gasteiger partial charge < -0.3 is 0 Å². The number of Topliss-reactive ketones (excluding diaryl/α,β-unsaturated/α-hetero) is 9. The molecule has 0 saturated carbocycles. The molecule has 0 bridgehead atoms. The first-order valence-corrected chi connectivity index (χ1v) is 15.3. The number of carbonyl (C=O) groups excluding carboxylic acids is 12. The van der Waals surface area contributed by atoms with Crippen LogP contribution in [0.15, 0.2) is 0 Å². The molecular weight excluding hydrogens is 643 g/mol. The molecule has 216 valence electrons. The summed E-state index contributed by atoms with van der Waals surface area (Å²) in [5.74, 6) is -18.1. The predicted molar refractivity (Wildman–Crippen MR) is 127 cm³/mol. The minimum absolute atomic E-state index is 0.672. The minimum atomic E-state index is -5.94. The summed E-state index contributed by atoms with van der Waals surface area (Å²) in [5.41, 5.74) is -9.40. The van der Waals surface area contributed by atoms with Crippen LogP contribution < -0.4 is 0 Å². The van der Waals surface area contributed by atoms with Gasteiger partial charge in [0, 0.05) is 0 Å². The Bertz CT molecular complexity index is 994. The van der Waals surface area contributed by atoms with Crippen LogP contribution in [0.5, 0.6) is 0 Å². The van der Waals surface area contributed by atoms with Crippen molar-refractivity contribution in [2.45, 2.75) is 62.3 Å². The number of ketones is 9. The zero-order chi connectivity index (χ0) is 32.1. The second-order valence-corrected chi connectivity index (χ2v) is 12.4. The zero-order valence-electron chi connectivity index (χ0n) is 23.2. The van der Waals surface area contributed by atoms with Gasteiger partial charge in [-0.3, -0.25) is 0 Å². The number of hydrogen-bond donors (Lipinski definition) is 0. The summed E-state index contributed by atoms with van der Waals surface area (Å²) in [6.07, 6.45) is 0. The third kappa shape index (κ3) is 5.90. The van der Waals surface area contributed by atoms with Crippen LogP contribution in [0.2, 0.25) is 0 Å². The van der Waals surface area contributed by atoms with Crippen molar-refractivity contribution < 1.29 is 66.1 Å². The van der Waals surface area contributed by atoms with Gasteiger partial charge in [0.25, 0.3) is 0 Å². The van der Waals surface area contributed by atoms with Crippen molar-refractivity contribution in [1.29, 1.82) is 0 Å². The molecule has 16 heteroatoms. The van der Waals surface area contributed by atoms with Gasteiger partial charge in [0.05, 0.1) is 0 Å². The second-order valence-electron chi connectivity index (χ2n) is 8.76. The molecular formula is C24H27InO15. The molecule has 0 aliphatic heterocycles. The van der Waals surface area contributed by atoms with Gasteiger partial charge in [-0.15, -0.1) is 0 Å². The van der Waals surface area contributed by atoms with E-state index in [4.69, 9.17) is 8.56 Å². The van der Waals surface area contributed by atoms with Crippen molar-refractivity contribution in [2.24, 2.45) is 16.2 Å². The predicted octanol–water partition coefficient (Wildman–Crippen LogP) is -1.14. The van der Waals surface area contributed by atoms with Crippen molar-refractivity contribution in [1.82, 2.24) is 0 Å². The van der Waals surface area contributed by atoms with E-state index in [1.807, 2.05) is 0 Å². The molecule has 40 heavy (non-hydrogen) atoms. The number of hydrogen-bond acceptors (Lipinski definition) is 15. The van der Waals surface area contributed by atoms with Gasteiger partial charge in [-0.25, -0.2) is 0 Å². The molecule has 0 amide bonds. The molecule has 15 nitrogen and oxygen atoms in total. The first-order valence-electron chi connectivity index (χ1n) is 11.3. The van der Waals surface area contributed by atoms with E-state index in [2.05, 4.69) is 0 Å². The fourth-order valence-electron chi connectivity index (χ4n) is 4.12. The quantitative estimate of drug-likeness (QED) is 0.187. The van der Waals surface area contributed by atoms with Crippen LogP contribution in [0.3, 0.4) is 0 Å². The van der Waals surface area contributed by atoms with E-state index in [1.165, 1.54) is 0 Å². The van der Waals surface area contributed by atoms with Gasteiger partial charge in [-0.1, -0.05) is 0 Å². The van der Waals surface area contributed by atoms with Gasteiger partial charge in [0.2, 0.25) is 0 Å². The topological polar surface area (TPSA) is 233 Å². The maximum atomic E-state index is 13.0. The average molecular weight is 670 g/mol. The summed E-state index contributed by atoms with van der Waals surface area (Å²) < 4.78 is 14.6. The molecule has 0 heterocycles. The molecule has 0 radical (unpaired) electrons. The summed E-state index contributed by atoms with van der Waals surface area (Å²) in [6, 6.07) is 0. The van der Waals surface area contributed by atoms with E-state index >= 15 is 0 Å². The number of rotatable bonds is 15. The SMILES string of the molecule is CC(=O)C(C(C)=O)(C(C)=O)C(=O)[O][In]([O]C(=O)C(C(C)=O)(C(C)=O)C(C)=O)[O]C(=O)C(C(C)=O)(C(C)=O)C(C)=O. The third-order valence-corrected chi connectivity index (χ3v) is 9.76. The Morgan fingerprint density at radius 2 is 0.450 bits per heavy atom. The zero-order valence-corrected chi connectivity index (χ0v) is 26.5. The number of carbonyl (C=O) groups is 12. The fraction of sp³-hybridized carbons (Fsp3) is 0.500. The molecule has 0 aliphatic carbocycles. The molecule has 0 N–H and O–H groups in total. The first-order chi connectivity index (χ1) is 18.0. The monoisotopic (exact) mass is 670 g/mol. The van der Waals surface area contributed by atoms with E-state index in [-0.39, 0.29) is 0 Å². The normalized spacial score (nSPS) is 11.3. The first kappa shape index (κ1) is 36.3. The van der Waals surface area contributed by atoms with Gasteiger partial charge in [-0.05, 0) is 0 Å². The fourth-order valence-corrected chi connectivity index (χ4v) is 7.55. The third-order valence-electron chi connectivity index (χ3n) is 6.28. The van der Waals surface area contributed by atoms with Crippen LogP contribution in [-0.4, -0.2) is 92.7 Å². The Morgan fingerprint density at radius 3 is 0.550 bits per heavy atom.